The molecule has 0 radical (unpaired) electrons. The van der Waals surface area contributed by atoms with Gasteiger partial charge in [0.15, 0.2) is 0 Å². The van der Waals surface area contributed by atoms with Crippen molar-refractivity contribution in [2.45, 2.75) is 50.3 Å². The molecule has 1 aliphatic heterocycles. The van der Waals surface area contributed by atoms with Crippen LogP contribution in [0.15, 0.2) is 67.0 Å². The highest BCUT2D eigenvalue weighted by atomic mass is 35.5. The summed E-state index contributed by atoms with van der Waals surface area (Å²) in [5, 5.41) is 19.8. The van der Waals surface area contributed by atoms with Crippen molar-refractivity contribution >= 4 is 33.9 Å². The fraction of sp³-hybridized carbons (Fsp3) is 0.300. The first-order valence-electron chi connectivity index (χ1n) is 13.9. The minimum Gasteiger partial charge on any atom is -0.377 e. The molecule has 3 atom stereocenters. The molecule has 204 valence electrons. The van der Waals surface area contributed by atoms with Gasteiger partial charge in [-0.2, -0.15) is 15.2 Å². The van der Waals surface area contributed by atoms with Crippen molar-refractivity contribution in [3.8, 4) is 6.07 Å². The van der Waals surface area contributed by atoms with Crippen LogP contribution in [0.4, 0.5) is 15.8 Å². The summed E-state index contributed by atoms with van der Waals surface area (Å²) in [6.45, 7) is 2.56. The molecule has 10 heteroatoms. The first kappa shape index (κ1) is 25.2. The zero-order chi connectivity index (χ0) is 28.6. The van der Waals surface area contributed by atoms with Gasteiger partial charge in [0.05, 0.1) is 41.3 Å². The van der Waals surface area contributed by atoms with E-state index in [1.54, 1.807) is 18.2 Å². The molecule has 0 amide bonds. The van der Waals surface area contributed by atoms with Crippen molar-refractivity contribution in [2.75, 3.05) is 17.2 Å². The number of nitrogens with zero attached hydrogens (tertiary/aromatic N) is 4. The zero-order valence-corrected chi connectivity index (χ0v) is 22.7. The number of anilines is 2. The second kappa shape index (κ2) is 11.4. The lowest BCUT2D eigenvalue weighted by molar-refractivity contribution is 0.222. The second-order valence-electron chi connectivity index (χ2n) is 10.1. The molecule has 0 bridgehead atoms. The molecule has 2 aromatic carbocycles. The van der Waals surface area contributed by atoms with Gasteiger partial charge < -0.3 is 10.6 Å². The molecule has 40 heavy (non-hydrogen) atoms. The number of aromatic nitrogens is 2. The van der Waals surface area contributed by atoms with Gasteiger partial charge in [-0.05, 0) is 43.0 Å². The number of hydrazine groups is 2. The standard InChI is InChI=1S/C30H30ClFN8/c1-2-25(18-7-4-3-5-8-18)37-27-19(15-33)16-35-28-23(27)13-20(14-24(28)31)36-29(22-9-6-12-34-30(22)32)26-17-40(39-38-26)21-10-11-21/h3-9,12-14,16,21,25-26,29,36,38-39H,2,10-11,17H2,1H3,(H,35,37)/t25-,26?,29?/m1/s1/i29D. The van der Waals surface area contributed by atoms with Crippen LogP contribution in [0.3, 0.4) is 0 Å². The van der Waals surface area contributed by atoms with E-state index < -0.39 is 18.0 Å². The predicted octanol–water partition coefficient (Wildman–Crippen LogP) is 5.87. The van der Waals surface area contributed by atoms with Crippen LogP contribution in [0.1, 0.15) is 56.3 Å². The Morgan fingerprint density at radius 1 is 1.20 bits per heavy atom. The average molecular weight is 558 g/mol. The molecule has 8 nitrogen and oxygen atoms in total. The minimum absolute atomic E-state index is 0.0637. The lowest BCUT2D eigenvalue weighted by atomic mass is 9.99. The number of nitrogens with one attached hydrogen (secondary N) is 4. The summed E-state index contributed by atoms with van der Waals surface area (Å²) in [5.74, 6) is -0.724. The number of hydrogen-bond acceptors (Lipinski definition) is 8. The molecule has 2 aromatic heterocycles. The van der Waals surface area contributed by atoms with Crippen molar-refractivity contribution in [2.24, 2.45) is 0 Å². The van der Waals surface area contributed by atoms with Gasteiger partial charge in [0.2, 0.25) is 5.95 Å². The molecule has 1 aliphatic carbocycles. The number of rotatable bonds is 9. The van der Waals surface area contributed by atoms with E-state index in [9.17, 15) is 6.63 Å². The van der Waals surface area contributed by atoms with Gasteiger partial charge in [-0.25, -0.2) is 15.4 Å². The molecule has 2 fully saturated rings. The zero-order valence-electron chi connectivity index (χ0n) is 23.0. The summed E-state index contributed by atoms with van der Waals surface area (Å²) in [7, 11) is 0. The van der Waals surface area contributed by atoms with Gasteiger partial charge in [0.25, 0.3) is 0 Å². The van der Waals surface area contributed by atoms with E-state index in [-0.39, 0.29) is 11.6 Å². The van der Waals surface area contributed by atoms with Crippen molar-refractivity contribution in [1.29, 1.82) is 5.26 Å². The molecule has 2 aliphatic rings. The topological polar surface area (TPSA) is 101 Å². The van der Waals surface area contributed by atoms with E-state index >= 15 is 4.39 Å². The molecule has 3 heterocycles. The van der Waals surface area contributed by atoms with Gasteiger partial charge >= 0.3 is 0 Å². The first-order valence-corrected chi connectivity index (χ1v) is 13.8. The molecule has 0 spiro atoms. The number of halogens is 2. The normalized spacial score (nSPS) is 19.9. The number of pyridine rings is 2. The highest BCUT2D eigenvalue weighted by Crippen LogP contribution is 2.38. The van der Waals surface area contributed by atoms with Crippen LogP contribution >= 0.6 is 11.6 Å². The molecule has 1 saturated heterocycles. The summed E-state index contributed by atoms with van der Waals surface area (Å²) in [5.41, 5.74) is 9.50. The molecule has 2 unspecified atom stereocenters. The molecular weight excluding hydrogens is 527 g/mol. The van der Waals surface area contributed by atoms with E-state index in [2.05, 4.69) is 49.6 Å². The third-order valence-corrected chi connectivity index (χ3v) is 7.69. The van der Waals surface area contributed by atoms with Crippen molar-refractivity contribution in [3.05, 3.63) is 94.7 Å². The Balaban J connectivity index is 1.43. The number of nitriles is 1. The third-order valence-electron chi connectivity index (χ3n) is 7.40. The Labute approximate surface area is 238 Å². The van der Waals surface area contributed by atoms with Crippen molar-refractivity contribution in [3.63, 3.8) is 0 Å². The van der Waals surface area contributed by atoms with Crippen LogP contribution in [0.5, 0.6) is 0 Å². The van der Waals surface area contributed by atoms with Crippen molar-refractivity contribution < 1.29 is 5.76 Å². The summed E-state index contributed by atoms with van der Waals surface area (Å²) in [6.07, 6.45) is 5.81. The SMILES string of the molecule is [2H]C(Nc1cc(Cl)c2ncc(C#N)c(N[C@H](CC)c3ccccc3)c2c1)(c1cccnc1F)C1CN(C2CC2)NN1. The van der Waals surface area contributed by atoms with Crippen LogP contribution < -0.4 is 21.6 Å². The maximum absolute atomic E-state index is 15.1. The van der Waals surface area contributed by atoms with E-state index in [0.29, 0.717) is 45.5 Å². The molecule has 6 rings (SSSR count). The van der Waals surface area contributed by atoms with E-state index in [1.807, 2.05) is 36.4 Å². The smallest absolute Gasteiger partial charge is 0.218 e. The Bertz CT molecular complexity index is 1610. The summed E-state index contributed by atoms with van der Waals surface area (Å²) in [6, 6.07) is 17.1. The van der Waals surface area contributed by atoms with Gasteiger partial charge in [0.1, 0.15) is 6.07 Å². The van der Waals surface area contributed by atoms with Crippen molar-refractivity contribution in [1.82, 2.24) is 25.9 Å². The van der Waals surface area contributed by atoms with Crippen LogP contribution in [-0.2, 0) is 0 Å². The highest BCUT2D eigenvalue weighted by Gasteiger charge is 2.38. The molecule has 4 N–H and O–H groups in total. The first-order chi connectivity index (χ1) is 19.9. The van der Waals surface area contributed by atoms with E-state index in [0.717, 1.165) is 24.8 Å². The maximum atomic E-state index is 15.1. The molecule has 4 aromatic rings. The Hall–Kier alpha value is -3.81. The minimum atomic E-state index is -1.66. The summed E-state index contributed by atoms with van der Waals surface area (Å²) < 4.78 is 24.7. The monoisotopic (exact) mass is 557 g/mol. The number of benzene rings is 2. The summed E-state index contributed by atoms with van der Waals surface area (Å²) >= 11 is 6.76. The van der Waals surface area contributed by atoms with Crippen LogP contribution in [-0.4, -0.2) is 33.6 Å². The fourth-order valence-corrected chi connectivity index (χ4v) is 5.44. The van der Waals surface area contributed by atoms with Gasteiger partial charge in [-0.3, -0.25) is 4.98 Å². The van der Waals surface area contributed by atoms with Gasteiger partial charge in [-0.15, -0.1) is 0 Å². The second-order valence-corrected chi connectivity index (χ2v) is 10.5. The Kier molecular flexibility index (Phi) is 7.15. The molecular formula is C30H30ClFN8. The van der Waals surface area contributed by atoms with E-state index in [1.165, 1.54) is 12.4 Å². The maximum Gasteiger partial charge on any atom is 0.218 e. The Morgan fingerprint density at radius 2 is 2.02 bits per heavy atom. The molecule has 1 saturated carbocycles. The number of fused-ring (bicyclic) bond motifs is 1. The van der Waals surface area contributed by atoms with Gasteiger partial charge in [0, 0.05) is 41.6 Å². The van der Waals surface area contributed by atoms with E-state index in [4.69, 9.17) is 11.6 Å². The van der Waals surface area contributed by atoms with Crippen LogP contribution in [0, 0.1) is 17.3 Å². The van der Waals surface area contributed by atoms with Gasteiger partial charge in [-0.1, -0.05) is 54.9 Å². The third kappa shape index (κ3) is 5.31. The Morgan fingerprint density at radius 3 is 2.75 bits per heavy atom. The van der Waals surface area contributed by atoms with Crippen LogP contribution in [0.25, 0.3) is 10.9 Å². The lowest BCUT2D eigenvalue weighted by Crippen LogP contribution is -2.40. The average Bonchev–Trinajstić information content (AvgIpc) is 3.71. The number of hydrogen-bond donors (Lipinski definition) is 4. The highest BCUT2D eigenvalue weighted by molar-refractivity contribution is 6.35. The largest absolute Gasteiger partial charge is 0.377 e. The fourth-order valence-electron chi connectivity index (χ4n) is 5.18. The predicted molar refractivity (Wildman–Crippen MR) is 155 cm³/mol. The lowest BCUT2D eigenvalue weighted by Gasteiger charge is -2.26. The van der Waals surface area contributed by atoms with Crippen LogP contribution in [0.2, 0.25) is 5.02 Å². The quantitative estimate of drug-likeness (QED) is 0.190. The summed E-state index contributed by atoms with van der Waals surface area (Å²) in [4.78, 5) is 8.30.